The Morgan fingerprint density at radius 3 is 2.54 bits per heavy atom. The Morgan fingerprint density at radius 2 is 1.96 bits per heavy atom. The van der Waals surface area contributed by atoms with Crippen molar-refractivity contribution in [2.45, 2.75) is 31.2 Å². The summed E-state index contributed by atoms with van der Waals surface area (Å²) in [6.45, 7) is 4.85. The number of nitrogens with zero attached hydrogens (tertiary/aromatic N) is 4. The van der Waals surface area contributed by atoms with Gasteiger partial charge in [-0.2, -0.15) is 13.9 Å². The number of thioether (sulfide) groups is 1. The second-order valence-electron chi connectivity index (χ2n) is 6.86. The van der Waals surface area contributed by atoms with E-state index in [1.165, 1.54) is 9.58 Å². The molecule has 1 aliphatic heterocycles. The predicted molar refractivity (Wildman–Crippen MR) is 109 cm³/mol. The van der Waals surface area contributed by atoms with Crippen LogP contribution in [-0.4, -0.2) is 53.0 Å². The van der Waals surface area contributed by atoms with Gasteiger partial charge in [0, 0.05) is 43.7 Å². The number of aromatic nitrogens is 2. The van der Waals surface area contributed by atoms with Crippen LogP contribution < -0.4 is 4.90 Å². The van der Waals surface area contributed by atoms with Gasteiger partial charge in [-0.25, -0.2) is 0 Å². The number of hydrogen-bond donors (Lipinski definition) is 0. The van der Waals surface area contributed by atoms with E-state index < -0.39 is 11.6 Å². The number of hydrogen-bond acceptors (Lipinski definition) is 4. The topological polar surface area (TPSA) is 41.4 Å². The van der Waals surface area contributed by atoms with Crippen LogP contribution in [-0.2, 0) is 17.3 Å². The zero-order chi connectivity index (χ0) is 20.5. The fourth-order valence-corrected chi connectivity index (χ4v) is 3.96. The van der Waals surface area contributed by atoms with Gasteiger partial charge in [0.05, 0.1) is 10.7 Å². The van der Waals surface area contributed by atoms with Crippen LogP contribution in [0.4, 0.5) is 14.5 Å². The smallest absolute Gasteiger partial charge is 0.290 e. The van der Waals surface area contributed by atoms with Crippen LogP contribution in [0.2, 0.25) is 5.02 Å². The van der Waals surface area contributed by atoms with Gasteiger partial charge >= 0.3 is 0 Å². The molecule has 9 heteroatoms. The largest absolute Gasteiger partial charge is 0.368 e. The summed E-state index contributed by atoms with van der Waals surface area (Å²) in [5.74, 6) is -3.29. The summed E-state index contributed by atoms with van der Waals surface area (Å²) in [4.78, 5) is 17.8. The lowest BCUT2D eigenvalue weighted by molar-refractivity contribution is -0.132. The van der Waals surface area contributed by atoms with Gasteiger partial charge in [0.15, 0.2) is 0 Å². The normalized spacial score (nSPS) is 15.2. The molecule has 1 amide bonds. The molecule has 1 fully saturated rings. The van der Waals surface area contributed by atoms with Crippen molar-refractivity contribution in [2.24, 2.45) is 0 Å². The number of rotatable bonds is 5. The van der Waals surface area contributed by atoms with Gasteiger partial charge in [0.2, 0.25) is 5.91 Å². The van der Waals surface area contributed by atoms with Crippen molar-refractivity contribution in [3.8, 4) is 0 Å². The van der Waals surface area contributed by atoms with Gasteiger partial charge in [-0.1, -0.05) is 17.7 Å². The van der Waals surface area contributed by atoms with E-state index in [1.807, 2.05) is 12.3 Å². The Kier molecular flexibility index (Phi) is 6.19. The molecule has 0 bridgehead atoms. The van der Waals surface area contributed by atoms with Crippen molar-refractivity contribution in [1.82, 2.24) is 14.7 Å². The summed E-state index contributed by atoms with van der Waals surface area (Å²) in [5, 5.41) is 3.79. The number of benzene rings is 1. The van der Waals surface area contributed by atoms with Crippen molar-refractivity contribution >= 4 is 35.0 Å². The molecule has 0 spiro atoms. The fraction of sp³-hybridized carbons (Fsp3) is 0.474. The second kappa shape index (κ2) is 8.29. The Hall–Kier alpha value is -1.80. The minimum absolute atomic E-state index is 0.0844. The van der Waals surface area contributed by atoms with E-state index in [9.17, 15) is 13.6 Å². The van der Waals surface area contributed by atoms with E-state index in [-0.39, 0.29) is 17.5 Å². The maximum absolute atomic E-state index is 13.6. The molecule has 3 rings (SSSR count). The van der Waals surface area contributed by atoms with E-state index in [0.29, 0.717) is 18.8 Å². The maximum Gasteiger partial charge on any atom is 0.290 e. The third-order valence-electron chi connectivity index (χ3n) is 4.89. The second-order valence-corrected chi connectivity index (χ2v) is 8.12. The molecular weight excluding hydrogens is 406 g/mol. The molecule has 0 N–H and O–H groups in total. The molecule has 1 aromatic carbocycles. The van der Waals surface area contributed by atoms with Crippen molar-refractivity contribution in [1.29, 1.82) is 0 Å². The molecule has 0 unspecified atom stereocenters. The predicted octanol–water partition coefficient (Wildman–Crippen LogP) is 4.03. The van der Waals surface area contributed by atoms with E-state index in [4.69, 9.17) is 11.6 Å². The highest BCUT2D eigenvalue weighted by molar-refractivity contribution is 7.98. The van der Waals surface area contributed by atoms with Gasteiger partial charge < -0.3 is 9.80 Å². The molecule has 152 valence electrons. The van der Waals surface area contributed by atoms with Crippen molar-refractivity contribution < 1.29 is 13.6 Å². The van der Waals surface area contributed by atoms with Crippen LogP contribution in [0.3, 0.4) is 0 Å². The Labute approximate surface area is 172 Å². The van der Waals surface area contributed by atoms with E-state index in [1.54, 1.807) is 23.6 Å². The third kappa shape index (κ3) is 4.43. The molecule has 5 nitrogen and oxygen atoms in total. The molecular formula is C19H23ClF2N4OS. The van der Waals surface area contributed by atoms with Crippen molar-refractivity contribution in [3.63, 3.8) is 0 Å². The van der Waals surface area contributed by atoms with Gasteiger partial charge in [0.1, 0.15) is 12.2 Å². The summed E-state index contributed by atoms with van der Waals surface area (Å²) in [7, 11) is 0. The maximum atomic E-state index is 13.6. The van der Waals surface area contributed by atoms with Gasteiger partial charge in [-0.05, 0) is 31.4 Å². The first kappa shape index (κ1) is 20.9. The fourth-order valence-electron chi connectivity index (χ4n) is 3.21. The first-order valence-electron chi connectivity index (χ1n) is 8.98. The summed E-state index contributed by atoms with van der Waals surface area (Å²) >= 11 is 7.68. The van der Waals surface area contributed by atoms with Crippen LogP contribution in [0.5, 0.6) is 0 Å². The van der Waals surface area contributed by atoms with Crippen LogP contribution in [0.15, 0.2) is 29.2 Å². The first-order valence-corrected chi connectivity index (χ1v) is 10.6. The average Bonchev–Trinajstić information content (AvgIpc) is 2.97. The molecule has 0 saturated carbocycles. The third-order valence-corrected chi connectivity index (χ3v) is 6.06. The highest BCUT2D eigenvalue weighted by Crippen LogP contribution is 2.33. The zero-order valence-corrected chi connectivity index (χ0v) is 17.7. The lowest BCUT2D eigenvalue weighted by atomic mass is 10.2. The van der Waals surface area contributed by atoms with Gasteiger partial charge in [-0.15, -0.1) is 11.8 Å². The molecule has 1 aliphatic rings. The van der Waals surface area contributed by atoms with E-state index >= 15 is 0 Å². The summed E-state index contributed by atoms with van der Waals surface area (Å²) < 4.78 is 28.5. The Balaban J connectivity index is 1.63. The number of amides is 1. The van der Waals surface area contributed by atoms with Crippen LogP contribution in [0, 0.1) is 6.92 Å². The summed E-state index contributed by atoms with van der Waals surface area (Å²) in [6.07, 6.45) is 2.04. The lowest BCUT2D eigenvalue weighted by Gasteiger charge is -2.36. The molecule has 1 saturated heterocycles. The highest BCUT2D eigenvalue weighted by Gasteiger charge is 2.33. The first-order chi connectivity index (χ1) is 13.2. The molecule has 0 aliphatic carbocycles. The summed E-state index contributed by atoms with van der Waals surface area (Å²) in [6, 6.07) is 8.31. The zero-order valence-electron chi connectivity index (χ0n) is 16.1. The number of piperazine rings is 1. The molecule has 1 aromatic heterocycles. The lowest BCUT2D eigenvalue weighted by Crippen LogP contribution is -2.49. The van der Waals surface area contributed by atoms with E-state index in [0.717, 1.165) is 25.7 Å². The Morgan fingerprint density at radius 1 is 1.29 bits per heavy atom. The van der Waals surface area contributed by atoms with Crippen molar-refractivity contribution in [3.05, 3.63) is 40.7 Å². The number of alkyl halides is 2. The van der Waals surface area contributed by atoms with Crippen molar-refractivity contribution in [2.75, 3.05) is 37.3 Å². The highest BCUT2D eigenvalue weighted by atomic mass is 35.5. The van der Waals surface area contributed by atoms with Gasteiger partial charge in [0.25, 0.3) is 5.92 Å². The standard InChI is InChI=1S/C19H23ClF2N4OS/c1-13-17(20)18(19(2,21)22)23-26(13)12-16(27)25-9-7-24(8-10-25)14-5-4-6-15(11-14)28-3/h4-6,11H,7-10,12H2,1-3H3. The minimum atomic E-state index is -3.15. The molecule has 2 aromatic rings. The summed E-state index contributed by atoms with van der Waals surface area (Å²) in [5.41, 5.74) is 1.03. The number of carbonyl (C=O) groups is 1. The van der Waals surface area contributed by atoms with Crippen LogP contribution in [0.1, 0.15) is 18.3 Å². The van der Waals surface area contributed by atoms with Crippen LogP contribution in [0.25, 0.3) is 0 Å². The molecule has 0 atom stereocenters. The average molecular weight is 429 g/mol. The molecule has 0 radical (unpaired) electrons. The number of carbonyl (C=O) groups excluding carboxylic acids is 1. The molecule has 28 heavy (non-hydrogen) atoms. The van der Waals surface area contributed by atoms with Crippen LogP contribution >= 0.6 is 23.4 Å². The molecule has 2 heterocycles. The Bertz CT molecular complexity index is 860. The SMILES string of the molecule is CSc1cccc(N2CCN(C(=O)Cn3nc(C(C)(F)F)c(Cl)c3C)CC2)c1. The number of halogens is 3. The van der Waals surface area contributed by atoms with E-state index in [2.05, 4.69) is 28.2 Å². The minimum Gasteiger partial charge on any atom is -0.368 e. The quantitative estimate of drug-likeness (QED) is 0.674. The number of anilines is 1. The van der Waals surface area contributed by atoms with Gasteiger partial charge in [-0.3, -0.25) is 9.48 Å². The monoisotopic (exact) mass is 428 g/mol.